The maximum atomic E-state index is 12.6. The number of nitrogens with one attached hydrogen (secondary N) is 1. The summed E-state index contributed by atoms with van der Waals surface area (Å²) in [6.07, 6.45) is 1.40. The van der Waals surface area contributed by atoms with E-state index in [4.69, 9.17) is 25.8 Å². The second kappa shape index (κ2) is 8.34. The molecule has 0 saturated carbocycles. The molecule has 4 aromatic rings. The Bertz CT molecular complexity index is 1230. The van der Waals surface area contributed by atoms with E-state index in [-0.39, 0.29) is 18.4 Å². The van der Waals surface area contributed by atoms with Gasteiger partial charge in [-0.25, -0.2) is 9.78 Å². The number of H-pyrrole nitrogens is 1. The van der Waals surface area contributed by atoms with Crippen LogP contribution in [0.4, 0.5) is 0 Å². The van der Waals surface area contributed by atoms with Crippen molar-refractivity contribution in [2.45, 2.75) is 26.6 Å². The number of hydrogen-bond donors (Lipinski definition) is 1. The Kier molecular flexibility index (Phi) is 5.61. The number of benzene rings is 2. The molecule has 30 heavy (non-hydrogen) atoms. The van der Waals surface area contributed by atoms with E-state index < -0.39 is 5.97 Å². The van der Waals surface area contributed by atoms with Crippen LogP contribution in [0.15, 0.2) is 48.7 Å². The first-order valence-corrected chi connectivity index (χ1v) is 9.90. The molecule has 0 saturated heterocycles. The maximum absolute atomic E-state index is 12.6. The second-order valence-electron chi connectivity index (χ2n) is 7.15. The number of rotatable bonds is 6. The topological polar surface area (TPSA) is 73.4 Å². The molecule has 0 spiro atoms. The normalized spacial score (nSPS) is 11.4. The van der Waals surface area contributed by atoms with Crippen LogP contribution in [0.3, 0.4) is 0 Å². The molecule has 6 nitrogen and oxygen atoms in total. The molecule has 4 rings (SSSR count). The van der Waals surface area contributed by atoms with Gasteiger partial charge in [-0.2, -0.15) is 0 Å². The van der Waals surface area contributed by atoms with Gasteiger partial charge in [0.05, 0.1) is 24.4 Å². The smallest absolute Gasteiger partial charge is 0.357 e. The van der Waals surface area contributed by atoms with Gasteiger partial charge in [0, 0.05) is 34.0 Å². The molecule has 7 heteroatoms. The number of nitrogens with zero attached hydrogens (tertiary/aromatic N) is 1. The van der Waals surface area contributed by atoms with Crippen LogP contribution in [-0.2, 0) is 16.1 Å². The van der Waals surface area contributed by atoms with E-state index in [1.807, 2.05) is 30.3 Å². The molecule has 1 N–H and O–H groups in total. The first kappa shape index (κ1) is 20.2. The first-order chi connectivity index (χ1) is 14.5. The quantitative estimate of drug-likeness (QED) is 0.391. The van der Waals surface area contributed by atoms with E-state index >= 15 is 0 Å². The van der Waals surface area contributed by atoms with E-state index in [0.717, 1.165) is 21.8 Å². The highest BCUT2D eigenvalue weighted by Crippen LogP contribution is 2.34. The zero-order valence-electron chi connectivity index (χ0n) is 16.9. The Morgan fingerprint density at radius 1 is 1.13 bits per heavy atom. The van der Waals surface area contributed by atoms with E-state index in [2.05, 4.69) is 9.97 Å². The molecule has 154 valence electrons. The van der Waals surface area contributed by atoms with Crippen molar-refractivity contribution in [3.05, 3.63) is 64.9 Å². The number of halogens is 1. The minimum absolute atomic E-state index is 0.221. The summed E-state index contributed by atoms with van der Waals surface area (Å²) in [5.41, 5.74) is 2.63. The maximum Gasteiger partial charge on any atom is 0.357 e. The Morgan fingerprint density at radius 2 is 1.93 bits per heavy atom. The van der Waals surface area contributed by atoms with Gasteiger partial charge in [0.15, 0.2) is 5.69 Å². The first-order valence-electron chi connectivity index (χ1n) is 9.53. The highest BCUT2D eigenvalue weighted by atomic mass is 35.5. The number of esters is 1. The van der Waals surface area contributed by atoms with Crippen LogP contribution in [-0.4, -0.2) is 29.2 Å². The van der Waals surface area contributed by atoms with Crippen molar-refractivity contribution in [1.82, 2.24) is 9.97 Å². The summed E-state index contributed by atoms with van der Waals surface area (Å²) in [6, 6.07) is 12.9. The lowest BCUT2D eigenvalue weighted by Gasteiger charge is -2.12. The lowest BCUT2D eigenvalue weighted by atomic mass is 10.1. The van der Waals surface area contributed by atoms with Crippen molar-refractivity contribution < 1.29 is 19.0 Å². The number of aromatic nitrogens is 2. The second-order valence-corrected chi connectivity index (χ2v) is 7.59. The monoisotopic (exact) mass is 424 g/mol. The molecule has 2 aromatic carbocycles. The third-order valence-corrected chi connectivity index (χ3v) is 4.80. The van der Waals surface area contributed by atoms with E-state index in [9.17, 15) is 4.79 Å². The van der Waals surface area contributed by atoms with Crippen LogP contribution in [0, 0.1) is 0 Å². The Balaban J connectivity index is 1.85. The van der Waals surface area contributed by atoms with Crippen LogP contribution >= 0.6 is 11.6 Å². The number of fused-ring (bicyclic) bond motifs is 3. The predicted octanol–water partition coefficient (Wildman–Crippen LogP) is 5.87. The van der Waals surface area contributed by atoms with Crippen molar-refractivity contribution in [3.8, 4) is 11.5 Å². The van der Waals surface area contributed by atoms with E-state index in [0.29, 0.717) is 22.1 Å². The van der Waals surface area contributed by atoms with Gasteiger partial charge in [-0.1, -0.05) is 17.7 Å². The van der Waals surface area contributed by atoms with Crippen molar-refractivity contribution in [1.29, 1.82) is 0 Å². The summed E-state index contributed by atoms with van der Waals surface area (Å²) in [7, 11) is 1.58. The lowest BCUT2D eigenvalue weighted by Crippen LogP contribution is -2.15. The van der Waals surface area contributed by atoms with Crippen LogP contribution in [0.1, 0.15) is 29.9 Å². The SMILES string of the molecule is COCc1c(C(=O)OC(C)C)ncc2[nH]c3ccc(Oc4cccc(Cl)c4)cc3c12. The third kappa shape index (κ3) is 3.97. The summed E-state index contributed by atoms with van der Waals surface area (Å²) in [5.74, 6) is 0.818. The standard InChI is InChI=1S/C23H21ClN2O4/c1-13(2)29-23(27)22-18(12-28-3)21-17-10-16(30-15-6-4-5-14(24)9-15)7-8-19(17)26-20(21)11-25-22/h4-11,13,26H,12H2,1-3H3. The molecular weight excluding hydrogens is 404 g/mol. The molecule has 0 unspecified atom stereocenters. The van der Waals surface area contributed by atoms with Gasteiger partial charge in [-0.15, -0.1) is 0 Å². The molecule has 2 aromatic heterocycles. The van der Waals surface area contributed by atoms with Gasteiger partial charge in [0.2, 0.25) is 0 Å². The van der Waals surface area contributed by atoms with Crippen molar-refractivity contribution in [2.75, 3.05) is 7.11 Å². The van der Waals surface area contributed by atoms with Crippen molar-refractivity contribution >= 4 is 39.4 Å². The third-order valence-electron chi connectivity index (χ3n) is 4.57. The minimum Gasteiger partial charge on any atom is -0.458 e. The molecule has 2 heterocycles. The Labute approximate surface area is 178 Å². The van der Waals surface area contributed by atoms with Gasteiger partial charge in [0.25, 0.3) is 0 Å². The van der Waals surface area contributed by atoms with E-state index in [1.54, 1.807) is 39.3 Å². The summed E-state index contributed by atoms with van der Waals surface area (Å²) in [6.45, 7) is 3.83. The largest absolute Gasteiger partial charge is 0.458 e. The summed E-state index contributed by atoms with van der Waals surface area (Å²) >= 11 is 6.06. The molecule has 0 atom stereocenters. The van der Waals surface area contributed by atoms with Gasteiger partial charge in [0.1, 0.15) is 11.5 Å². The highest BCUT2D eigenvalue weighted by Gasteiger charge is 2.21. The van der Waals surface area contributed by atoms with Gasteiger partial charge < -0.3 is 19.2 Å². The molecule has 0 fully saturated rings. The molecule has 0 aliphatic heterocycles. The molecule has 0 bridgehead atoms. The van der Waals surface area contributed by atoms with Crippen LogP contribution in [0.2, 0.25) is 5.02 Å². The van der Waals surface area contributed by atoms with Crippen LogP contribution in [0.5, 0.6) is 11.5 Å². The van der Waals surface area contributed by atoms with Gasteiger partial charge >= 0.3 is 5.97 Å². The van der Waals surface area contributed by atoms with Gasteiger partial charge in [-0.05, 0) is 50.2 Å². The Hall–Kier alpha value is -3.09. The van der Waals surface area contributed by atoms with Crippen molar-refractivity contribution in [3.63, 3.8) is 0 Å². The number of ether oxygens (including phenoxy) is 3. The summed E-state index contributed by atoms with van der Waals surface area (Å²) in [4.78, 5) is 20.3. The van der Waals surface area contributed by atoms with Crippen molar-refractivity contribution in [2.24, 2.45) is 0 Å². The zero-order valence-corrected chi connectivity index (χ0v) is 17.6. The number of methoxy groups -OCH3 is 1. The van der Waals surface area contributed by atoms with Crippen LogP contribution in [0.25, 0.3) is 21.8 Å². The highest BCUT2D eigenvalue weighted by molar-refractivity contribution is 6.30. The number of carbonyl (C=O) groups excluding carboxylic acids is 1. The fourth-order valence-corrected chi connectivity index (χ4v) is 3.58. The molecular formula is C23H21ClN2O4. The fourth-order valence-electron chi connectivity index (χ4n) is 3.40. The molecule has 0 amide bonds. The number of pyridine rings is 1. The lowest BCUT2D eigenvalue weighted by molar-refractivity contribution is 0.0366. The number of carbonyl (C=O) groups is 1. The summed E-state index contributed by atoms with van der Waals surface area (Å²) < 4.78 is 16.7. The number of aromatic amines is 1. The van der Waals surface area contributed by atoms with E-state index in [1.165, 1.54) is 0 Å². The molecule has 0 aliphatic rings. The molecule has 0 aliphatic carbocycles. The number of hydrogen-bond acceptors (Lipinski definition) is 5. The average Bonchev–Trinajstić information content (AvgIpc) is 3.06. The fraction of sp³-hybridized carbons (Fsp3) is 0.217. The zero-order chi connectivity index (χ0) is 21.3. The predicted molar refractivity (Wildman–Crippen MR) is 116 cm³/mol. The van der Waals surface area contributed by atoms with Gasteiger partial charge in [-0.3, -0.25) is 0 Å². The average molecular weight is 425 g/mol. The van der Waals surface area contributed by atoms with Crippen LogP contribution < -0.4 is 4.74 Å². The minimum atomic E-state index is -0.473. The Morgan fingerprint density at radius 3 is 2.67 bits per heavy atom. The molecule has 0 radical (unpaired) electrons. The summed E-state index contributed by atoms with van der Waals surface area (Å²) in [5, 5.41) is 2.36.